The molecule has 4 nitrogen and oxygen atoms in total. The number of halogens is 2. The van der Waals surface area contributed by atoms with E-state index in [2.05, 4.69) is 21.9 Å². The van der Waals surface area contributed by atoms with Crippen LogP contribution in [0, 0.1) is 18.2 Å². The summed E-state index contributed by atoms with van der Waals surface area (Å²) in [5.41, 5.74) is 0.816. The Morgan fingerprint density at radius 1 is 1.39 bits per heavy atom. The van der Waals surface area contributed by atoms with Gasteiger partial charge in [0, 0.05) is 0 Å². The quantitative estimate of drug-likeness (QED) is 0.343. The SMILES string of the molecule is C#CCOc1c(Br)cc(/C=C2/SC(=S)N(c3ccccc3F)C2=O)cc1OC. The molecular weight excluding hydrogens is 465 g/mol. The maximum Gasteiger partial charge on any atom is 0.270 e. The van der Waals surface area contributed by atoms with Gasteiger partial charge in [0.1, 0.15) is 12.4 Å². The Labute approximate surface area is 179 Å². The minimum atomic E-state index is -0.514. The standard InChI is InChI=1S/C20H13BrFNO3S2/c1-3-8-26-18-13(21)9-12(10-16(18)25-2)11-17-19(24)23(20(27)28-17)15-7-5-4-6-14(15)22/h1,4-7,9-11H,8H2,2H3/b17-11+. The van der Waals surface area contributed by atoms with Gasteiger partial charge in [-0.1, -0.05) is 42.0 Å². The van der Waals surface area contributed by atoms with Crippen molar-refractivity contribution in [3.63, 3.8) is 0 Å². The van der Waals surface area contributed by atoms with Gasteiger partial charge in [-0.05, 0) is 51.8 Å². The Morgan fingerprint density at radius 2 is 2.14 bits per heavy atom. The molecule has 2 aromatic carbocycles. The average molecular weight is 478 g/mol. The maximum atomic E-state index is 14.1. The molecule has 0 atom stereocenters. The predicted molar refractivity (Wildman–Crippen MR) is 117 cm³/mol. The number of rotatable bonds is 5. The zero-order valence-corrected chi connectivity index (χ0v) is 17.8. The third-order valence-electron chi connectivity index (χ3n) is 3.74. The lowest BCUT2D eigenvalue weighted by molar-refractivity contribution is -0.113. The van der Waals surface area contributed by atoms with Crippen LogP contribution in [0.2, 0.25) is 0 Å². The fraction of sp³-hybridized carbons (Fsp3) is 0.100. The van der Waals surface area contributed by atoms with Crippen LogP contribution >= 0.6 is 39.9 Å². The molecule has 1 saturated heterocycles. The lowest BCUT2D eigenvalue weighted by Crippen LogP contribution is -2.28. The number of carbonyl (C=O) groups excluding carboxylic acids is 1. The molecule has 0 bridgehead atoms. The third-order valence-corrected chi connectivity index (χ3v) is 5.63. The molecule has 1 amide bonds. The van der Waals surface area contributed by atoms with E-state index in [0.717, 1.165) is 11.8 Å². The van der Waals surface area contributed by atoms with E-state index in [1.807, 2.05) is 0 Å². The van der Waals surface area contributed by atoms with Gasteiger partial charge in [0.2, 0.25) is 0 Å². The highest BCUT2D eigenvalue weighted by atomic mass is 79.9. The fourth-order valence-electron chi connectivity index (χ4n) is 2.54. The molecule has 1 fully saturated rings. The minimum Gasteiger partial charge on any atom is -0.493 e. The van der Waals surface area contributed by atoms with Crippen LogP contribution < -0.4 is 14.4 Å². The van der Waals surface area contributed by atoms with E-state index in [1.165, 1.54) is 24.1 Å². The van der Waals surface area contributed by atoms with Crippen molar-refractivity contribution in [2.75, 3.05) is 18.6 Å². The predicted octanol–water partition coefficient (Wildman–Crippen LogP) is 5.01. The Hall–Kier alpha value is -2.34. The topological polar surface area (TPSA) is 38.8 Å². The summed E-state index contributed by atoms with van der Waals surface area (Å²) < 4.78 is 25.8. The lowest BCUT2D eigenvalue weighted by atomic mass is 10.1. The van der Waals surface area contributed by atoms with E-state index in [9.17, 15) is 9.18 Å². The number of amides is 1. The molecule has 0 N–H and O–H groups in total. The monoisotopic (exact) mass is 477 g/mol. The average Bonchev–Trinajstić information content (AvgIpc) is 2.94. The van der Waals surface area contributed by atoms with Crippen LogP contribution in [0.1, 0.15) is 5.56 Å². The molecule has 0 unspecified atom stereocenters. The molecule has 28 heavy (non-hydrogen) atoms. The second-order valence-electron chi connectivity index (χ2n) is 5.50. The molecule has 1 aliphatic heterocycles. The van der Waals surface area contributed by atoms with Crippen LogP contribution in [0.5, 0.6) is 11.5 Å². The lowest BCUT2D eigenvalue weighted by Gasteiger charge is -2.15. The highest BCUT2D eigenvalue weighted by Crippen LogP contribution is 2.40. The first kappa shape index (κ1) is 20.4. The highest BCUT2D eigenvalue weighted by Gasteiger charge is 2.34. The van der Waals surface area contributed by atoms with Crippen LogP contribution in [0.15, 0.2) is 45.8 Å². The highest BCUT2D eigenvalue weighted by molar-refractivity contribution is 9.10. The van der Waals surface area contributed by atoms with Gasteiger partial charge in [-0.25, -0.2) is 4.39 Å². The van der Waals surface area contributed by atoms with Crippen LogP contribution in [0.3, 0.4) is 0 Å². The molecule has 0 radical (unpaired) electrons. The number of hydrogen-bond donors (Lipinski definition) is 0. The summed E-state index contributed by atoms with van der Waals surface area (Å²) in [7, 11) is 1.51. The number of benzene rings is 2. The van der Waals surface area contributed by atoms with Crippen molar-refractivity contribution in [2.45, 2.75) is 0 Å². The summed E-state index contributed by atoms with van der Waals surface area (Å²) in [6.07, 6.45) is 6.90. The molecule has 2 aromatic rings. The molecule has 0 spiro atoms. The number of nitrogens with zero attached hydrogens (tertiary/aromatic N) is 1. The van der Waals surface area contributed by atoms with Crippen LogP contribution in [0.25, 0.3) is 6.08 Å². The Morgan fingerprint density at radius 3 is 2.82 bits per heavy atom. The number of anilines is 1. The molecule has 142 valence electrons. The van der Waals surface area contributed by atoms with Gasteiger partial charge in [0.15, 0.2) is 15.8 Å². The molecule has 0 aliphatic carbocycles. The van der Waals surface area contributed by atoms with Crippen LogP contribution in [-0.4, -0.2) is 23.9 Å². The number of ether oxygens (including phenoxy) is 2. The van der Waals surface area contributed by atoms with Crippen LogP contribution in [-0.2, 0) is 4.79 Å². The van der Waals surface area contributed by atoms with Gasteiger partial charge in [-0.2, -0.15) is 0 Å². The summed E-state index contributed by atoms with van der Waals surface area (Å²) in [6, 6.07) is 9.49. The number of terminal acetylenes is 1. The third kappa shape index (κ3) is 4.07. The summed E-state index contributed by atoms with van der Waals surface area (Å²) in [4.78, 5) is 14.4. The molecule has 3 rings (SSSR count). The largest absolute Gasteiger partial charge is 0.493 e. The molecule has 8 heteroatoms. The fourth-order valence-corrected chi connectivity index (χ4v) is 4.40. The zero-order valence-electron chi connectivity index (χ0n) is 14.6. The molecule has 0 aromatic heterocycles. The van der Waals surface area contributed by atoms with Crippen molar-refractivity contribution in [1.82, 2.24) is 0 Å². The van der Waals surface area contributed by atoms with E-state index < -0.39 is 5.82 Å². The summed E-state index contributed by atoms with van der Waals surface area (Å²) in [5, 5.41) is 0. The first-order valence-electron chi connectivity index (χ1n) is 7.92. The number of thiocarbonyl (C=S) groups is 1. The van der Waals surface area contributed by atoms with Crippen molar-refractivity contribution >= 4 is 61.9 Å². The van der Waals surface area contributed by atoms with Gasteiger partial charge in [0.25, 0.3) is 5.91 Å². The zero-order chi connectivity index (χ0) is 20.3. The number of carbonyl (C=O) groups is 1. The van der Waals surface area contributed by atoms with Crippen molar-refractivity contribution in [1.29, 1.82) is 0 Å². The number of thioether (sulfide) groups is 1. The van der Waals surface area contributed by atoms with Gasteiger partial charge >= 0.3 is 0 Å². The molecule has 1 heterocycles. The van der Waals surface area contributed by atoms with Gasteiger partial charge in [-0.3, -0.25) is 9.69 Å². The second-order valence-corrected chi connectivity index (χ2v) is 8.03. The first-order valence-corrected chi connectivity index (χ1v) is 9.94. The number of hydrogen-bond acceptors (Lipinski definition) is 5. The van der Waals surface area contributed by atoms with Gasteiger partial charge in [-0.15, -0.1) is 6.42 Å². The number of methoxy groups -OCH3 is 1. The van der Waals surface area contributed by atoms with E-state index in [0.29, 0.717) is 26.4 Å². The number of para-hydroxylation sites is 1. The summed E-state index contributed by atoms with van der Waals surface area (Å²) in [6.45, 7) is 0.0929. The van der Waals surface area contributed by atoms with Crippen molar-refractivity contribution < 1.29 is 18.7 Å². The van der Waals surface area contributed by atoms with Crippen molar-refractivity contribution in [3.8, 4) is 23.8 Å². The van der Waals surface area contributed by atoms with Crippen molar-refractivity contribution in [2.24, 2.45) is 0 Å². The van der Waals surface area contributed by atoms with Gasteiger partial charge in [0.05, 0.1) is 22.2 Å². The Kier molecular flexibility index (Phi) is 6.39. The van der Waals surface area contributed by atoms with Gasteiger partial charge < -0.3 is 9.47 Å². The molecular formula is C20H13BrFNO3S2. The Bertz CT molecular complexity index is 1030. The Balaban J connectivity index is 1.95. The van der Waals surface area contributed by atoms with Crippen LogP contribution in [0.4, 0.5) is 10.1 Å². The maximum absolute atomic E-state index is 14.1. The summed E-state index contributed by atoms with van der Waals surface area (Å²) in [5.74, 6) is 2.42. The molecule has 1 aliphatic rings. The normalized spacial score (nSPS) is 15.1. The molecule has 0 saturated carbocycles. The van der Waals surface area contributed by atoms with E-state index >= 15 is 0 Å². The first-order chi connectivity index (χ1) is 13.5. The summed E-state index contributed by atoms with van der Waals surface area (Å²) >= 11 is 9.81. The van der Waals surface area contributed by atoms with Crippen molar-refractivity contribution in [3.05, 3.63) is 57.2 Å². The van der Waals surface area contributed by atoms with E-state index in [4.69, 9.17) is 28.1 Å². The van der Waals surface area contributed by atoms with E-state index in [-0.39, 0.29) is 22.5 Å². The van der Waals surface area contributed by atoms with E-state index in [1.54, 1.807) is 30.3 Å². The smallest absolute Gasteiger partial charge is 0.270 e. The second kappa shape index (κ2) is 8.78. The minimum absolute atomic E-state index is 0.0929.